The molecule has 0 fully saturated rings. The molecule has 9 aromatic carbocycles. The maximum Gasteiger partial charge on any atom is 0.252 e. The molecule has 0 aromatic heterocycles. The van der Waals surface area contributed by atoms with E-state index in [2.05, 4.69) is 263 Å². The van der Waals surface area contributed by atoms with E-state index in [1.807, 2.05) is 0 Å². The van der Waals surface area contributed by atoms with Gasteiger partial charge in [0.05, 0.1) is 0 Å². The van der Waals surface area contributed by atoms with Crippen LogP contribution in [-0.4, -0.2) is 13.5 Å². The molecular formula is C64H56BN3O2. The van der Waals surface area contributed by atoms with Gasteiger partial charge >= 0.3 is 0 Å². The van der Waals surface area contributed by atoms with E-state index in [0.717, 1.165) is 73.8 Å². The van der Waals surface area contributed by atoms with Crippen molar-refractivity contribution >= 4 is 74.3 Å². The molecule has 9 aromatic rings. The van der Waals surface area contributed by atoms with Crippen LogP contribution in [0.15, 0.2) is 200 Å². The van der Waals surface area contributed by atoms with Crippen LogP contribution < -0.4 is 40.6 Å². The molecule has 0 atom stereocenters. The summed E-state index contributed by atoms with van der Waals surface area (Å²) in [6, 6.07) is 74.0. The maximum atomic E-state index is 6.18. The first-order valence-corrected chi connectivity index (χ1v) is 24.5. The van der Waals surface area contributed by atoms with Gasteiger partial charge in [-0.25, -0.2) is 0 Å². The molecular weight excluding hydrogens is 854 g/mol. The zero-order valence-corrected chi connectivity index (χ0v) is 41.0. The van der Waals surface area contributed by atoms with Crippen LogP contribution >= 0.6 is 0 Å². The van der Waals surface area contributed by atoms with Crippen LogP contribution in [0.3, 0.4) is 0 Å². The molecule has 0 saturated heterocycles. The van der Waals surface area contributed by atoms with E-state index >= 15 is 0 Å². The Bertz CT molecular complexity index is 3320. The van der Waals surface area contributed by atoms with Crippen molar-refractivity contribution < 1.29 is 9.47 Å². The average Bonchev–Trinajstić information content (AvgIpc) is 3.83. The van der Waals surface area contributed by atoms with Crippen molar-refractivity contribution in [3.05, 3.63) is 217 Å². The Morgan fingerprint density at radius 2 is 0.900 bits per heavy atom. The lowest BCUT2D eigenvalue weighted by Gasteiger charge is -2.44. The molecule has 3 heterocycles. The predicted molar refractivity (Wildman–Crippen MR) is 294 cm³/mol. The number of ether oxygens (including phenoxy) is 2. The minimum Gasteiger partial charge on any atom is -0.454 e. The summed E-state index contributed by atoms with van der Waals surface area (Å²) >= 11 is 0. The minimum atomic E-state index is -0.116. The summed E-state index contributed by atoms with van der Waals surface area (Å²) in [6.07, 6.45) is 0. The molecule has 0 aliphatic carbocycles. The second-order valence-electron chi connectivity index (χ2n) is 21.1. The van der Waals surface area contributed by atoms with E-state index < -0.39 is 0 Å². The van der Waals surface area contributed by atoms with Gasteiger partial charge in [-0.1, -0.05) is 151 Å². The fourth-order valence-electron chi connectivity index (χ4n) is 10.8. The van der Waals surface area contributed by atoms with E-state index in [0.29, 0.717) is 0 Å². The van der Waals surface area contributed by atoms with Crippen LogP contribution in [0.1, 0.15) is 58.2 Å². The lowest BCUT2D eigenvalue weighted by Crippen LogP contribution is -2.61. The van der Waals surface area contributed by atoms with E-state index in [4.69, 9.17) is 9.47 Å². The van der Waals surface area contributed by atoms with Crippen LogP contribution in [0.4, 0.5) is 51.2 Å². The lowest BCUT2D eigenvalue weighted by atomic mass is 9.33. The summed E-state index contributed by atoms with van der Waals surface area (Å²) in [5.41, 5.74) is 22.1. The molecule has 0 N–H and O–H groups in total. The highest BCUT2D eigenvalue weighted by Gasteiger charge is 2.45. The van der Waals surface area contributed by atoms with Crippen molar-refractivity contribution in [2.24, 2.45) is 0 Å². The van der Waals surface area contributed by atoms with Gasteiger partial charge in [-0.15, -0.1) is 0 Å². The molecule has 5 nitrogen and oxygen atoms in total. The number of para-hydroxylation sites is 3. The van der Waals surface area contributed by atoms with Gasteiger partial charge in [0.15, 0.2) is 11.5 Å². The average molecular weight is 910 g/mol. The number of rotatable bonds is 7. The minimum absolute atomic E-state index is 0.0369. The summed E-state index contributed by atoms with van der Waals surface area (Å²) < 4.78 is 12.3. The van der Waals surface area contributed by atoms with Gasteiger partial charge in [-0.05, 0) is 158 Å². The summed E-state index contributed by atoms with van der Waals surface area (Å²) in [7, 11) is 0. The van der Waals surface area contributed by atoms with Crippen LogP contribution in [0, 0.1) is 6.92 Å². The molecule has 0 unspecified atom stereocenters. The van der Waals surface area contributed by atoms with Gasteiger partial charge in [0, 0.05) is 57.3 Å². The fraction of sp³-hybridized carbons (Fsp3) is 0.156. The Morgan fingerprint density at radius 1 is 0.414 bits per heavy atom. The molecule has 6 heteroatoms. The van der Waals surface area contributed by atoms with Gasteiger partial charge in [0.25, 0.3) is 6.71 Å². The van der Waals surface area contributed by atoms with Gasteiger partial charge in [-0.3, -0.25) is 0 Å². The van der Waals surface area contributed by atoms with E-state index in [-0.39, 0.29) is 24.3 Å². The van der Waals surface area contributed by atoms with Crippen LogP contribution in [0.25, 0.3) is 22.3 Å². The Labute approximate surface area is 413 Å². The van der Waals surface area contributed by atoms with Crippen molar-refractivity contribution in [1.82, 2.24) is 0 Å². The van der Waals surface area contributed by atoms with Crippen molar-refractivity contribution in [3.8, 4) is 33.8 Å². The van der Waals surface area contributed by atoms with Crippen molar-refractivity contribution in [2.45, 2.75) is 59.3 Å². The summed E-state index contributed by atoms with van der Waals surface area (Å²) in [6.45, 7) is 16.0. The first-order chi connectivity index (χ1) is 33.9. The second kappa shape index (κ2) is 16.6. The van der Waals surface area contributed by atoms with Crippen molar-refractivity contribution in [1.29, 1.82) is 0 Å². The Balaban J connectivity index is 1.16. The molecule has 0 bridgehead atoms. The van der Waals surface area contributed by atoms with Gasteiger partial charge in [0.2, 0.25) is 6.79 Å². The summed E-state index contributed by atoms with van der Waals surface area (Å²) in [4.78, 5) is 7.35. The lowest BCUT2D eigenvalue weighted by molar-refractivity contribution is 0.174. The number of nitrogens with zero attached hydrogens (tertiary/aromatic N) is 3. The zero-order chi connectivity index (χ0) is 47.9. The third-order valence-electron chi connectivity index (χ3n) is 14.3. The molecule has 0 radical (unpaired) electrons. The highest BCUT2D eigenvalue weighted by Crippen LogP contribution is 2.49. The molecule has 3 aliphatic heterocycles. The summed E-state index contributed by atoms with van der Waals surface area (Å²) in [5, 5.41) is 0. The molecule has 12 rings (SSSR count). The standard InChI is InChI=1S/C64H56BN3O2/c1-42-33-58-62-59(34-42)68(53-36-45(43-23-27-47(28-24-43)63(2,3)4)35-46(37-53)44-25-29-48(30-26-44)64(5,6)7)56-38-52(66(49-17-11-8-12-18-49)50-19-13-9-14-20-50)31-32-54(56)65(62)55-39-60-61(70-41-69-60)40-57(55)67(58)51-21-15-10-16-22-51/h8-40H,41H2,1-7H3. The highest BCUT2D eigenvalue weighted by molar-refractivity contribution is 7.00. The van der Waals surface area contributed by atoms with Crippen LogP contribution in [0.5, 0.6) is 11.5 Å². The molecule has 0 saturated carbocycles. The number of anilines is 9. The Morgan fingerprint density at radius 3 is 1.43 bits per heavy atom. The van der Waals surface area contributed by atoms with Crippen molar-refractivity contribution in [2.75, 3.05) is 21.5 Å². The third kappa shape index (κ3) is 7.50. The number of hydrogen-bond acceptors (Lipinski definition) is 5. The van der Waals surface area contributed by atoms with Crippen LogP contribution in [-0.2, 0) is 10.8 Å². The second-order valence-corrected chi connectivity index (χ2v) is 21.1. The Kier molecular flexibility index (Phi) is 10.3. The highest BCUT2D eigenvalue weighted by atomic mass is 16.7. The van der Waals surface area contributed by atoms with Crippen molar-refractivity contribution in [3.63, 3.8) is 0 Å². The Hall–Kier alpha value is -7.96. The normalized spacial score (nSPS) is 13.4. The molecule has 0 spiro atoms. The van der Waals surface area contributed by atoms with E-state index in [1.165, 1.54) is 44.2 Å². The first-order valence-electron chi connectivity index (χ1n) is 24.5. The van der Waals surface area contributed by atoms with Gasteiger partial charge in [0.1, 0.15) is 0 Å². The van der Waals surface area contributed by atoms with Gasteiger partial charge in [-0.2, -0.15) is 0 Å². The smallest absolute Gasteiger partial charge is 0.252 e. The number of aryl methyl sites for hydroxylation is 1. The number of hydrogen-bond donors (Lipinski definition) is 0. The van der Waals surface area contributed by atoms with E-state index in [1.54, 1.807) is 0 Å². The first kappa shape index (κ1) is 43.3. The van der Waals surface area contributed by atoms with E-state index in [9.17, 15) is 0 Å². The quantitative estimate of drug-likeness (QED) is 0.149. The topological polar surface area (TPSA) is 28.2 Å². The van der Waals surface area contributed by atoms with Gasteiger partial charge < -0.3 is 24.2 Å². The largest absolute Gasteiger partial charge is 0.454 e. The SMILES string of the molecule is Cc1cc2c3c(c1)N(c1ccccc1)c1cc4c(cc1B3c1ccc(N(c3ccccc3)c3ccccc3)cc1N2c1cc(-c2ccc(C(C)(C)C)cc2)cc(-c2ccc(C(C)(C)C)cc2)c1)OCO4. The van der Waals surface area contributed by atoms with Crippen LogP contribution in [0.2, 0.25) is 0 Å². The maximum absolute atomic E-state index is 6.18. The fourth-order valence-corrected chi connectivity index (χ4v) is 10.8. The monoisotopic (exact) mass is 909 g/mol. The predicted octanol–water partition coefficient (Wildman–Crippen LogP) is 15.2. The molecule has 342 valence electrons. The zero-order valence-electron chi connectivity index (χ0n) is 41.0. The number of fused-ring (bicyclic) bond motifs is 5. The summed E-state index contributed by atoms with van der Waals surface area (Å²) in [5.74, 6) is 1.54. The number of benzene rings is 9. The molecule has 70 heavy (non-hydrogen) atoms. The third-order valence-corrected chi connectivity index (χ3v) is 14.3. The molecule has 3 aliphatic rings. The molecule has 0 amide bonds.